The molecule has 0 aromatic rings. The molecule has 4 bridgehead atoms. The smallest absolute Gasteiger partial charge is 0.321 e. The average Bonchev–Trinajstić information content (AvgIpc) is 2.34. The maximum Gasteiger partial charge on any atom is 0.321 e. The Labute approximate surface area is 139 Å². The predicted molar refractivity (Wildman–Crippen MR) is 92.2 cm³/mol. The Morgan fingerprint density at radius 2 is 1.68 bits per heavy atom. The summed E-state index contributed by atoms with van der Waals surface area (Å²) in [6.45, 7) is 6.78. The highest BCUT2D eigenvalue weighted by Gasteiger charge is 2.50. The van der Waals surface area contributed by atoms with Crippen LogP contribution in [-0.4, -0.2) is 34.2 Å². The van der Waals surface area contributed by atoms with Gasteiger partial charge in [0.1, 0.15) is 6.04 Å². The second kappa shape index (κ2) is 6.01. The highest BCUT2D eigenvalue weighted by Crippen LogP contribution is 2.60. The Kier molecular flexibility index (Phi) is 4.54. The summed E-state index contributed by atoms with van der Waals surface area (Å²) < 4.78 is 0.539. The molecule has 2 N–H and O–H groups in total. The summed E-state index contributed by atoms with van der Waals surface area (Å²) in [5.41, 5.74) is -0.239. The van der Waals surface area contributed by atoms with E-state index < -0.39 is 12.0 Å². The molecule has 126 valence electrons. The van der Waals surface area contributed by atoms with Crippen LogP contribution in [0.2, 0.25) is 0 Å². The van der Waals surface area contributed by atoms with Crippen LogP contribution in [0.1, 0.15) is 59.3 Å². The molecule has 4 aliphatic rings. The van der Waals surface area contributed by atoms with Crippen molar-refractivity contribution < 1.29 is 9.90 Å². The van der Waals surface area contributed by atoms with Crippen molar-refractivity contribution >= 4 is 17.7 Å². The third kappa shape index (κ3) is 3.48. The molecule has 3 nitrogen and oxygen atoms in total. The number of rotatable bonds is 6. The number of aliphatic carboxylic acids is 1. The van der Waals surface area contributed by atoms with Crippen LogP contribution in [0.25, 0.3) is 0 Å². The van der Waals surface area contributed by atoms with Gasteiger partial charge in [0.2, 0.25) is 0 Å². The predicted octanol–water partition coefficient (Wildman–Crippen LogP) is 3.78. The lowest BCUT2D eigenvalue weighted by atomic mass is 9.56. The molecule has 4 saturated carbocycles. The molecule has 0 heterocycles. The molecule has 4 fully saturated rings. The monoisotopic (exact) mass is 325 g/mol. The van der Waals surface area contributed by atoms with Crippen LogP contribution in [0, 0.1) is 23.2 Å². The molecule has 0 amide bonds. The van der Waals surface area contributed by atoms with Crippen molar-refractivity contribution in [1.82, 2.24) is 5.32 Å². The fourth-order valence-electron chi connectivity index (χ4n) is 5.44. The number of thioether (sulfide) groups is 1. The fourth-order valence-corrected chi connectivity index (χ4v) is 7.16. The van der Waals surface area contributed by atoms with Crippen molar-refractivity contribution in [3.05, 3.63) is 0 Å². The second-order valence-electron chi connectivity index (χ2n) is 9.04. The topological polar surface area (TPSA) is 49.3 Å². The van der Waals surface area contributed by atoms with Gasteiger partial charge >= 0.3 is 5.97 Å². The first-order valence-electron chi connectivity index (χ1n) is 8.88. The van der Waals surface area contributed by atoms with Gasteiger partial charge < -0.3 is 10.4 Å². The van der Waals surface area contributed by atoms with Gasteiger partial charge in [0.15, 0.2) is 0 Å². The molecule has 4 heteroatoms. The van der Waals surface area contributed by atoms with Crippen LogP contribution in [0.5, 0.6) is 0 Å². The number of nitrogens with one attached hydrogen (secondary N) is 1. The summed E-state index contributed by atoms with van der Waals surface area (Å²) in [6.07, 6.45) is 8.73. The van der Waals surface area contributed by atoms with Gasteiger partial charge in [0.05, 0.1) is 0 Å². The maximum atomic E-state index is 11.4. The van der Waals surface area contributed by atoms with Crippen molar-refractivity contribution in [3.8, 4) is 0 Å². The van der Waals surface area contributed by atoms with E-state index in [2.05, 4.69) is 17.1 Å². The number of hydrogen-bond donors (Lipinski definition) is 2. The van der Waals surface area contributed by atoms with Crippen LogP contribution >= 0.6 is 11.8 Å². The number of carboxylic acids is 1. The first kappa shape index (κ1) is 16.6. The lowest BCUT2D eigenvalue weighted by molar-refractivity contribution is -0.142. The van der Waals surface area contributed by atoms with Crippen LogP contribution in [0.15, 0.2) is 0 Å². The Morgan fingerprint density at radius 3 is 2.09 bits per heavy atom. The summed E-state index contributed by atoms with van der Waals surface area (Å²) in [5.74, 6) is 3.30. The minimum absolute atomic E-state index is 0.239. The Balaban J connectivity index is 1.48. The van der Waals surface area contributed by atoms with Crippen molar-refractivity contribution in [1.29, 1.82) is 0 Å². The van der Waals surface area contributed by atoms with E-state index in [1.54, 1.807) is 0 Å². The van der Waals surface area contributed by atoms with Crippen LogP contribution < -0.4 is 5.32 Å². The van der Waals surface area contributed by atoms with Crippen LogP contribution in [0.3, 0.4) is 0 Å². The highest BCUT2D eigenvalue weighted by atomic mass is 32.2. The van der Waals surface area contributed by atoms with Gasteiger partial charge in [-0.05, 0) is 61.7 Å². The summed E-state index contributed by atoms with van der Waals surface area (Å²) in [5, 5.41) is 12.6. The van der Waals surface area contributed by atoms with Gasteiger partial charge in [-0.15, -0.1) is 0 Å². The largest absolute Gasteiger partial charge is 0.480 e. The van der Waals surface area contributed by atoms with E-state index in [0.29, 0.717) is 4.75 Å². The SMILES string of the molecule is CC(C)(C)C(NCCSC12CC3CC(CC(C3)C1)C2)C(=O)O. The standard InChI is InChI=1S/C18H31NO2S/c1-17(2,3)15(16(20)21)19-4-5-22-18-9-12-6-13(10-18)8-14(7-12)11-18/h12-15,19H,4-11H2,1-3H3,(H,20,21). The lowest BCUT2D eigenvalue weighted by Gasteiger charge is -2.56. The fraction of sp³-hybridized carbons (Fsp3) is 0.944. The Morgan fingerprint density at radius 1 is 1.18 bits per heavy atom. The number of carboxylic acid groups (broad SMARTS) is 1. The average molecular weight is 326 g/mol. The molecule has 1 atom stereocenters. The van der Waals surface area contributed by atoms with E-state index in [0.717, 1.165) is 30.1 Å². The molecule has 0 spiro atoms. The third-order valence-electron chi connectivity index (χ3n) is 5.95. The molecule has 4 rings (SSSR count). The quantitative estimate of drug-likeness (QED) is 0.730. The lowest BCUT2D eigenvalue weighted by Crippen LogP contribution is -2.50. The summed E-state index contributed by atoms with van der Waals surface area (Å²) in [6, 6.07) is -0.454. The first-order chi connectivity index (χ1) is 10.3. The van der Waals surface area contributed by atoms with E-state index in [9.17, 15) is 9.90 Å². The van der Waals surface area contributed by atoms with Crippen molar-refractivity contribution in [2.45, 2.75) is 70.1 Å². The van der Waals surface area contributed by atoms with Gasteiger partial charge in [-0.25, -0.2) is 0 Å². The molecule has 22 heavy (non-hydrogen) atoms. The molecule has 0 aliphatic heterocycles. The normalized spacial score (nSPS) is 38.2. The van der Waals surface area contributed by atoms with E-state index in [1.165, 1.54) is 38.5 Å². The minimum atomic E-state index is -0.729. The zero-order valence-electron chi connectivity index (χ0n) is 14.2. The number of carbonyl (C=O) groups is 1. The molecule has 0 aromatic carbocycles. The maximum absolute atomic E-state index is 11.4. The van der Waals surface area contributed by atoms with Gasteiger partial charge in [-0.1, -0.05) is 20.8 Å². The van der Waals surface area contributed by atoms with Crippen molar-refractivity contribution in [3.63, 3.8) is 0 Å². The van der Waals surface area contributed by atoms with Gasteiger partial charge in [0.25, 0.3) is 0 Å². The second-order valence-corrected chi connectivity index (χ2v) is 10.6. The van der Waals surface area contributed by atoms with Crippen molar-refractivity contribution in [2.24, 2.45) is 23.2 Å². The van der Waals surface area contributed by atoms with Gasteiger partial charge in [0, 0.05) is 17.0 Å². The van der Waals surface area contributed by atoms with Crippen LogP contribution in [-0.2, 0) is 4.79 Å². The molecule has 0 saturated heterocycles. The van der Waals surface area contributed by atoms with Gasteiger partial charge in [-0.3, -0.25) is 4.79 Å². The molecule has 0 radical (unpaired) electrons. The molecule has 1 unspecified atom stereocenters. The van der Waals surface area contributed by atoms with E-state index in [1.807, 2.05) is 20.8 Å². The molecule has 4 aliphatic carbocycles. The van der Waals surface area contributed by atoms with E-state index in [-0.39, 0.29) is 5.41 Å². The highest BCUT2D eigenvalue weighted by molar-refractivity contribution is 8.00. The van der Waals surface area contributed by atoms with Crippen LogP contribution in [0.4, 0.5) is 0 Å². The minimum Gasteiger partial charge on any atom is -0.480 e. The van der Waals surface area contributed by atoms with E-state index in [4.69, 9.17) is 0 Å². The zero-order valence-corrected chi connectivity index (χ0v) is 15.0. The molecular weight excluding hydrogens is 294 g/mol. The molecular formula is C18H31NO2S. The first-order valence-corrected chi connectivity index (χ1v) is 9.86. The Hall–Kier alpha value is -0.220. The van der Waals surface area contributed by atoms with Gasteiger partial charge in [-0.2, -0.15) is 11.8 Å². The third-order valence-corrected chi connectivity index (χ3v) is 7.47. The molecule has 0 aromatic heterocycles. The van der Waals surface area contributed by atoms with Crippen molar-refractivity contribution in [2.75, 3.05) is 12.3 Å². The zero-order chi connectivity index (χ0) is 16.0. The summed E-state index contributed by atoms with van der Waals surface area (Å²) in [4.78, 5) is 11.4. The summed E-state index contributed by atoms with van der Waals surface area (Å²) in [7, 11) is 0. The van der Waals surface area contributed by atoms with E-state index >= 15 is 0 Å². The number of hydrogen-bond acceptors (Lipinski definition) is 3. The Bertz CT molecular complexity index is 394. The summed E-state index contributed by atoms with van der Waals surface area (Å²) >= 11 is 2.14.